The molecule has 0 amide bonds. The Labute approximate surface area is 117 Å². The molecule has 0 aromatic heterocycles. The Hall–Kier alpha value is -1.14. The van der Waals surface area contributed by atoms with E-state index < -0.39 is 23.3 Å². The van der Waals surface area contributed by atoms with Crippen LogP contribution in [-0.4, -0.2) is 47.6 Å². The molecule has 3 fully saturated rings. The van der Waals surface area contributed by atoms with Gasteiger partial charge in [0.05, 0.1) is 36.8 Å². The SMILES string of the molecule is O=C(O)C1CCCC(CC2CO2)(C(=O)O)C1CC1CO1. The van der Waals surface area contributed by atoms with E-state index in [9.17, 15) is 19.8 Å². The first-order valence-corrected chi connectivity index (χ1v) is 7.22. The zero-order valence-corrected chi connectivity index (χ0v) is 11.3. The van der Waals surface area contributed by atoms with Crippen LogP contribution in [0.2, 0.25) is 0 Å². The van der Waals surface area contributed by atoms with E-state index in [1.54, 1.807) is 0 Å². The number of rotatable bonds is 6. The summed E-state index contributed by atoms with van der Waals surface area (Å²) in [5, 5.41) is 19.2. The van der Waals surface area contributed by atoms with Gasteiger partial charge in [-0.25, -0.2) is 0 Å². The Morgan fingerprint density at radius 1 is 1.15 bits per heavy atom. The number of carbonyl (C=O) groups is 2. The highest BCUT2D eigenvalue weighted by molar-refractivity contribution is 5.78. The van der Waals surface area contributed by atoms with E-state index >= 15 is 0 Å². The lowest BCUT2D eigenvalue weighted by Gasteiger charge is -2.44. The van der Waals surface area contributed by atoms with Gasteiger partial charge in [-0.3, -0.25) is 9.59 Å². The molecule has 3 rings (SSSR count). The highest BCUT2D eigenvalue weighted by Gasteiger charge is 2.56. The van der Waals surface area contributed by atoms with E-state index in [4.69, 9.17) is 9.47 Å². The third kappa shape index (κ3) is 2.54. The Balaban J connectivity index is 1.88. The summed E-state index contributed by atoms with van der Waals surface area (Å²) in [4.78, 5) is 23.4. The average molecular weight is 284 g/mol. The summed E-state index contributed by atoms with van der Waals surface area (Å²) in [7, 11) is 0. The average Bonchev–Trinajstić information content (AvgIpc) is 3.25. The van der Waals surface area contributed by atoms with E-state index in [0.29, 0.717) is 45.3 Å². The Morgan fingerprint density at radius 2 is 1.80 bits per heavy atom. The third-order valence-electron chi connectivity index (χ3n) is 4.99. The van der Waals surface area contributed by atoms with Gasteiger partial charge >= 0.3 is 11.9 Å². The van der Waals surface area contributed by atoms with Crippen LogP contribution in [0.25, 0.3) is 0 Å². The Kier molecular flexibility index (Phi) is 3.46. The molecule has 6 heteroatoms. The minimum absolute atomic E-state index is 0.0127. The zero-order chi connectivity index (χ0) is 14.3. The van der Waals surface area contributed by atoms with Crippen molar-refractivity contribution in [1.29, 1.82) is 0 Å². The normalized spacial score (nSPS) is 43.0. The van der Waals surface area contributed by atoms with Gasteiger partial charge in [-0.2, -0.15) is 0 Å². The summed E-state index contributed by atoms with van der Waals surface area (Å²) >= 11 is 0. The van der Waals surface area contributed by atoms with Crippen LogP contribution in [0, 0.1) is 17.3 Å². The van der Waals surface area contributed by atoms with Crippen molar-refractivity contribution in [2.45, 2.75) is 44.3 Å². The molecule has 5 unspecified atom stereocenters. The molecule has 2 heterocycles. The zero-order valence-electron chi connectivity index (χ0n) is 11.3. The number of carboxylic acid groups (broad SMARTS) is 2. The smallest absolute Gasteiger partial charge is 0.310 e. The second-order valence-electron chi connectivity index (χ2n) is 6.26. The Morgan fingerprint density at radius 3 is 2.30 bits per heavy atom. The summed E-state index contributed by atoms with van der Waals surface area (Å²) in [6, 6.07) is 0. The van der Waals surface area contributed by atoms with E-state index in [2.05, 4.69) is 0 Å². The standard InChI is InChI=1S/C14H20O6/c15-12(16)10-2-1-3-14(13(17)18,5-9-7-20-9)11(10)4-8-6-19-8/h8-11H,1-7H2,(H,15,16)(H,17,18). The van der Waals surface area contributed by atoms with Crippen molar-refractivity contribution in [1.82, 2.24) is 0 Å². The first-order valence-electron chi connectivity index (χ1n) is 7.22. The van der Waals surface area contributed by atoms with E-state index in [-0.39, 0.29) is 18.1 Å². The largest absolute Gasteiger partial charge is 0.481 e. The molecule has 5 atom stereocenters. The molecule has 2 N–H and O–H groups in total. The van der Waals surface area contributed by atoms with Gasteiger partial charge in [-0.15, -0.1) is 0 Å². The Bertz CT molecular complexity index is 414. The van der Waals surface area contributed by atoms with Crippen LogP contribution in [0.15, 0.2) is 0 Å². The molecule has 0 bridgehead atoms. The van der Waals surface area contributed by atoms with Crippen LogP contribution in [0.4, 0.5) is 0 Å². The highest BCUT2D eigenvalue weighted by atomic mass is 16.6. The van der Waals surface area contributed by atoms with Crippen molar-refractivity contribution in [2.75, 3.05) is 13.2 Å². The highest BCUT2D eigenvalue weighted by Crippen LogP contribution is 2.52. The van der Waals surface area contributed by atoms with E-state index in [0.717, 1.165) is 0 Å². The van der Waals surface area contributed by atoms with Crippen LogP contribution in [-0.2, 0) is 19.1 Å². The maximum absolute atomic E-state index is 11.9. The first kappa shape index (κ1) is 13.8. The summed E-state index contributed by atoms with van der Waals surface area (Å²) in [6.45, 7) is 1.22. The van der Waals surface area contributed by atoms with Crippen LogP contribution >= 0.6 is 0 Å². The molecule has 0 spiro atoms. The number of carboxylic acids is 2. The number of hydrogen-bond acceptors (Lipinski definition) is 4. The van der Waals surface area contributed by atoms with Crippen molar-refractivity contribution in [3.05, 3.63) is 0 Å². The molecule has 20 heavy (non-hydrogen) atoms. The molecule has 6 nitrogen and oxygen atoms in total. The predicted octanol–water partition coefficient (Wildman–Crippen LogP) is 1.14. The topological polar surface area (TPSA) is 99.7 Å². The lowest BCUT2D eigenvalue weighted by atomic mass is 9.58. The van der Waals surface area contributed by atoms with Gasteiger partial charge in [0, 0.05) is 0 Å². The predicted molar refractivity (Wildman–Crippen MR) is 67.2 cm³/mol. The molecule has 0 aromatic carbocycles. The second-order valence-corrected chi connectivity index (χ2v) is 6.26. The molecule has 3 aliphatic rings. The van der Waals surface area contributed by atoms with Gasteiger partial charge in [0.1, 0.15) is 0 Å². The van der Waals surface area contributed by atoms with Gasteiger partial charge in [0.25, 0.3) is 0 Å². The summed E-state index contributed by atoms with van der Waals surface area (Å²) in [5.74, 6) is -2.69. The maximum atomic E-state index is 11.9. The number of aliphatic carboxylic acids is 2. The monoisotopic (exact) mass is 284 g/mol. The molecule has 2 aliphatic heterocycles. The van der Waals surface area contributed by atoms with Crippen LogP contribution in [0.5, 0.6) is 0 Å². The maximum Gasteiger partial charge on any atom is 0.310 e. The molecule has 0 aromatic rings. The number of ether oxygens (including phenoxy) is 2. The fraction of sp³-hybridized carbons (Fsp3) is 0.857. The van der Waals surface area contributed by atoms with E-state index in [1.165, 1.54) is 0 Å². The molecule has 1 saturated carbocycles. The van der Waals surface area contributed by atoms with Crippen LogP contribution in [0.3, 0.4) is 0 Å². The van der Waals surface area contributed by atoms with Gasteiger partial charge in [-0.1, -0.05) is 6.42 Å². The summed E-state index contributed by atoms with van der Waals surface area (Å²) in [5.41, 5.74) is -0.964. The van der Waals surface area contributed by atoms with E-state index in [1.807, 2.05) is 0 Å². The molecular formula is C14H20O6. The number of hydrogen-bond donors (Lipinski definition) is 2. The molecular weight excluding hydrogens is 264 g/mol. The molecule has 1 aliphatic carbocycles. The summed E-state index contributed by atoms with van der Waals surface area (Å²) in [6.07, 6.45) is 2.76. The van der Waals surface area contributed by atoms with Crippen molar-refractivity contribution in [3.8, 4) is 0 Å². The van der Waals surface area contributed by atoms with Crippen molar-refractivity contribution < 1.29 is 29.3 Å². The minimum Gasteiger partial charge on any atom is -0.481 e. The lowest BCUT2D eigenvalue weighted by Crippen LogP contribution is -2.48. The fourth-order valence-corrected chi connectivity index (χ4v) is 3.78. The fourth-order valence-electron chi connectivity index (χ4n) is 3.78. The summed E-state index contributed by atoms with van der Waals surface area (Å²) < 4.78 is 10.4. The van der Waals surface area contributed by atoms with Crippen LogP contribution in [0.1, 0.15) is 32.1 Å². The third-order valence-corrected chi connectivity index (χ3v) is 4.99. The van der Waals surface area contributed by atoms with Gasteiger partial charge < -0.3 is 19.7 Å². The van der Waals surface area contributed by atoms with Crippen molar-refractivity contribution in [2.24, 2.45) is 17.3 Å². The van der Waals surface area contributed by atoms with Crippen molar-refractivity contribution in [3.63, 3.8) is 0 Å². The van der Waals surface area contributed by atoms with Crippen LogP contribution < -0.4 is 0 Å². The first-order chi connectivity index (χ1) is 9.53. The second kappa shape index (κ2) is 5.00. The molecule has 0 radical (unpaired) electrons. The molecule has 112 valence electrons. The lowest BCUT2D eigenvalue weighted by molar-refractivity contribution is -0.165. The molecule has 2 saturated heterocycles. The van der Waals surface area contributed by atoms with Crippen molar-refractivity contribution >= 4 is 11.9 Å². The van der Waals surface area contributed by atoms with Gasteiger partial charge in [-0.05, 0) is 31.6 Å². The number of epoxide rings is 2. The quantitative estimate of drug-likeness (QED) is 0.709. The van der Waals surface area contributed by atoms with Gasteiger partial charge in [0.15, 0.2) is 0 Å². The van der Waals surface area contributed by atoms with Gasteiger partial charge in [0.2, 0.25) is 0 Å². The minimum atomic E-state index is -0.964.